The van der Waals surface area contributed by atoms with Gasteiger partial charge in [-0.1, -0.05) is 19.1 Å². The van der Waals surface area contributed by atoms with E-state index in [0.717, 1.165) is 43.1 Å². The molecule has 0 bridgehead atoms. The number of hydrogen-bond donors (Lipinski definition) is 0. The van der Waals surface area contributed by atoms with Crippen molar-refractivity contribution < 1.29 is 23.4 Å². The lowest BCUT2D eigenvalue weighted by molar-refractivity contribution is -0.121. The molecule has 0 N–H and O–H groups in total. The standard InChI is InChI=1S/C27H35FN2O4S/c1-18(21-5-7-22(28)8-6-21)9-13-33-24-23(32-14-10-30-11-15-35-16-12-30)17-27(4,19(2)31)26-25(24)34-20(3)29-26/h5-8,17-18,20H,9-16H2,1-4H3. The van der Waals surface area contributed by atoms with E-state index >= 15 is 0 Å². The Morgan fingerprint density at radius 3 is 2.66 bits per heavy atom. The van der Waals surface area contributed by atoms with Crippen molar-refractivity contribution in [2.75, 3.05) is 44.4 Å². The van der Waals surface area contributed by atoms with Crippen LogP contribution in [0.3, 0.4) is 0 Å². The molecule has 190 valence electrons. The van der Waals surface area contributed by atoms with Crippen LogP contribution in [0.25, 0.3) is 0 Å². The van der Waals surface area contributed by atoms with Gasteiger partial charge >= 0.3 is 0 Å². The lowest BCUT2D eigenvalue weighted by Gasteiger charge is -2.31. The highest BCUT2D eigenvalue weighted by molar-refractivity contribution is 7.99. The molecular formula is C27H35FN2O4S. The van der Waals surface area contributed by atoms with E-state index in [1.807, 2.05) is 31.7 Å². The Bertz CT molecular complexity index is 1020. The third-order valence-corrected chi connectivity index (χ3v) is 7.84. The number of ketones is 1. The Hall–Kier alpha value is -2.32. The molecule has 4 rings (SSSR count). The molecule has 6 nitrogen and oxygen atoms in total. The first-order chi connectivity index (χ1) is 16.8. The fourth-order valence-electron chi connectivity index (χ4n) is 4.45. The maximum absolute atomic E-state index is 13.3. The van der Waals surface area contributed by atoms with E-state index in [9.17, 15) is 9.18 Å². The largest absolute Gasteiger partial charge is 0.488 e. The molecule has 0 amide bonds. The van der Waals surface area contributed by atoms with E-state index in [-0.39, 0.29) is 17.5 Å². The molecule has 2 aliphatic heterocycles. The van der Waals surface area contributed by atoms with Crippen LogP contribution in [0.4, 0.5) is 4.39 Å². The average Bonchev–Trinajstić information content (AvgIpc) is 3.24. The molecule has 1 aliphatic carbocycles. The van der Waals surface area contributed by atoms with Crippen molar-refractivity contribution in [1.82, 2.24) is 4.90 Å². The van der Waals surface area contributed by atoms with Gasteiger partial charge < -0.3 is 14.2 Å². The zero-order valence-electron chi connectivity index (χ0n) is 21.0. The predicted octanol–water partition coefficient (Wildman–Crippen LogP) is 4.92. The minimum atomic E-state index is -0.925. The molecule has 1 fully saturated rings. The van der Waals surface area contributed by atoms with Gasteiger partial charge in [-0.3, -0.25) is 9.69 Å². The monoisotopic (exact) mass is 502 g/mol. The van der Waals surface area contributed by atoms with Crippen molar-refractivity contribution in [3.8, 4) is 0 Å². The van der Waals surface area contributed by atoms with Crippen LogP contribution >= 0.6 is 11.8 Å². The van der Waals surface area contributed by atoms with Crippen molar-refractivity contribution in [2.45, 2.75) is 46.3 Å². The second kappa shape index (κ2) is 11.2. The maximum atomic E-state index is 13.3. The molecule has 0 radical (unpaired) electrons. The van der Waals surface area contributed by atoms with Gasteiger partial charge in [-0.15, -0.1) is 0 Å². The van der Waals surface area contributed by atoms with Crippen LogP contribution in [0, 0.1) is 11.2 Å². The molecule has 3 aliphatic rings. The van der Waals surface area contributed by atoms with Crippen LogP contribution in [0.5, 0.6) is 0 Å². The highest BCUT2D eigenvalue weighted by atomic mass is 32.2. The van der Waals surface area contributed by atoms with E-state index in [0.29, 0.717) is 36.2 Å². The number of allylic oxidation sites excluding steroid dienone is 2. The summed E-state index contributed by atoms with van der Waals surface area (Å²) in [6.07, 6.45) is 2.17. The average molecular weight is 503 g/mol. The Morgan fingerprint density at radius 2 is 1.97 bits per heavy atom. The SMILES string of the molecule is CC(=O)C1(C)C=C(OCCN2CCSCC2)C(OCCC(C)c2ccc(F)cc2)=C2OC(C)N=C21. The van der Waals surface area contributed by atoms with E-state index in [2.05, 4.69) is 16.8 Å². The molecule has 3 atom stereocenters. The molecular weight excluding hydrogens is 467 g/mol. The third-order valence-electron chi connectivity index (χ3n) is 6.89. The van der Waals surface area contributed by atoms with Crippen LogP contribution in [0.15, 0.2) is 52.6 Å². The summed E-state index contributed by atoms with van der Waals surface area (Å²) in [5, 5.41) is 0. The molecule has 3 unspecified atom stereocenters. The van der Waals surface area contributed by atoms with Gasteiger partial charge in [-0.25, -0.2) is 9.38 Å². The summed E-state index contributed by atoms with van der Waals surface area (Å²) in [6.45, 7) is 11.2. The zero-order valence-corrected chi connectivity index (χ0v) is 21.8. The topological polar surface area (TPSA) is 60.4 Å². The Morgan fingerprint density at radius 1 is 1.26 bits per heavy atom. The van der Waals surface area contributed by atoms with Gasteiger partial charge in [0.15, 0.2) is 17.7 Å². The summed E-state index contributed by atoms with van der Waals surface area (Å²) in [5.41, 5.74) is 0.727. The minimum absolute atomic E-state index is 0.0235. The van der Waals surface area contributed by atoms with Crippen LogP contribution in [0.2, 0.25) is 0 Å². The van der Waals surface area contributed by atoms with Crippen molar-refractivity contribution in [2.24, 2.45) is 10.4 Å². The molecule has 0 aromatic heterocycles. The van der Waals surface area contributed by atoms with Gasteiger partial charge in [0.05, 0.1) is 12.0 Å². The van der Waals surface area contributed by atoms with Crippen molar-refractivity contribution in [3.05, 3.63) is 59.0 Å². The van der Waals surface area contributed by atoms with Crippen molar-refractivity contribution in [1.29, 1.82) is 0 Å². The molecule has 35 heavy (non-hydrogen) atoms. The quantitative estimate of drug-likeness (QED) is 0.453. The summed E-state index contributed by atoms with van der Waals surface area (Å²) in [7, 11) is 0. The normalized spacial score (nSPS) is 25.3. The van der Waals surface area contributed by atoms with E-state index in [4.69, 9.17) is 14.2 Å². The molecule has 8 heteroatoms. The fourth-order valence-corrected chi connectivity index (χ4v) is 5.43. The highest BCUT2D eigenvalue weighted by Gasteiger charge is 2.47. The first kappa shape index (κ1) is 25.8. The smallest absolute Gasteiger partial charge is 0.205 e. The van der Waals surface area contributed by atoms with Crippen LogP contribution < -0.4 is 0 Å². The second-order valence-electron chi connectivity index (χ2n) is 9.51. The number of ether oxygens (including phenoxy) is 3. The molecule has 2 heterocycles. The van der Waals surface area contributed by atoms with Gasteiger partial charge in [0.2, 0.25) is 5.76 Å². The van der Waals surface area contributed by atoms with Gasteiger partial charge in [0, 0.05) is 31.1 Å². The number of carbonyl (C=O) groups excluding carboxylic acids is 1. The first-order valence-corrected chi connectivity index (χ1v) is 13.5. The number of hydrogen-bond acceptors (Lipinski definition) is 7. The highest BCUT2D eigenvalue weighted by Crippen LogP contribution is 2.41. The Balaban J connectivity index is 1.49. The summed E-state index contributed by atoms with van der Waals surface area (Å²) < 4.78 is 31.8. The molecule has 0 saturated carbocycles. The number of thioether (sulfide) groups is 1. The van der Waals surface area contributed by atoms with Gasteiger partial charge in [-0.05, 0) is 56.9 Å². The summed E-state index contributed by atoms with van der Waals surface area (Å²) in [4.78, 5) is 19.7. The number of benzene rings is 1. The first-order valence-electron chi connectivity index (χ1n) is 12.3. The fraction of sp³-hybridized carbons (Fsp3) is 0.556. The Labute approximate surface area is 211 Å². The summed E-state index contributed by atoms with van der Waals surface area (Å²) in [5.74, 6) is 3.74. The van der Waals surface area contributed by atoms with E-state index in [1.54, 1.807) is 19.1 Å². The van der Waals surface area contributed by atoms with Gasteiger partial charge in [0.25, 0.3) is 0 Å². The number of Topliss-reactive ketones (excluding diaryl/α,β-unsaturated/α-hetero) is 1. The minimum Gasteiger partial charge on any atom is -0.488 e. The Kier molecular flexibility index (Phi) is 8.22. The van der Waals surface area contributed by atoms with Gasteiger partial charge in [0.1, 0.15) is 23.9 Å². The predicted molar refractivity (Wildman–Crippen MR) is 137 cm³/mol. The lowest BCUT2D eigenvalue weighted by Crippen LogP contribution is -2.38. The number of rotatable bonds is 10. The summed E-state index contributed by atoms with van der Waals surface area (Å²) in [6, 6.07) is 6.57. The van der Waals surface area contributed by atoms with Gasteiger partial charge in [-0.2, -0.15) is 11.8 Å². The van der Waals surface area contributed by atoms with Crippen LogP contribution in [-0.4, -0.2) is 67.0 Å². The van der Waals surface area contributed by atoms with Crippen LogP contribution in [-0.2, 0) is 19.0 Å². The number of aliphatic imine (C=N–C) groups is 1. The van der Waals surface area contributed by atoms with E-state index in [1.165, 1.54) is 12.1 Å². The second-order valence-corrected chi connectivity index (χ2v) is 10.7. The van der Waals surface area contributed by atoms with E-state index < -0.39 is 11.6 Å². The lowest BCUT2D eigenvalue weighted by atomic mass is 9.77. The molecule has 1 saturated heterocycles. The number of halogens is 1. The third kappa shape index (κ3) is 5.92. The number of nitrogens with zero attached hydrogens (tertiary/aromatic N) is 2. The zero-order chi connectivity index (χ0) is 25.0. The summed E-state index contributed by atoms with van der Waals surface area (Å²) >= 11 is 1.98. The van der Waals surface area contributed by atoms with Crippen molar-refractivity contribution >= 4 is 23.3 Å². The van der Waals surface area contributed by atoms with Crippen molar-refractivity contribution in [3.63, 3.8) is 0 Å². The maximum Gasteiger partial charge on any atom is 0.205 e. The molecule has 0 spiro atoms. The number of fused-ring (bicyclic) bond motifs is 1. The molecule has 1 aromatic rings. The van der Waals surface area contributed by atoms with Crippen LogP contribution in [0.1, 0.15) is 45.6 Å². The number of carbonyl (C=O) groups is 1. The molecule has 1 aromatic carbocycles.